The van der Waals surface area contributed by atoms with Crippen molar-refractivity contribution in [1.29, 1.82) is 5.26 Å². The fourth-order valence-electron chi connectivity index (χ4n) is 4.73. The summed E-state index contributed by atoms with van der Waals surface area (Å²) in [6, 6.07) is 28.5. The van der Waals surface area contributed by atoms with Crippen LogP contribution < -0.4 is 0 Å². The van der Waals surface area contributed by atoms with Gasteiger partial charge in [-0.15, -0.1) is 0 Å². The zero-order valence-corrected chi connectivity index (χ0v) is 16.6. The predicted octanol–water partition coefficient (Wildman–Crippen LogP) is 6.28. The summed E-state index contributed by atoms with van der Waals surface area (Å²) in [5, 5.41) is 11.9. The number of H-pyrrole nitrogens is 1. The van der Waals surface area contributed by atoms with E-state index < -0.39 is 5.41 Å². The Labute approximate surface area is 176 Å². The van der Waals surface area contributed by atoms with Crippen LogP contribution in [0.1, 0.15) is 35.2 Å². The van der Waals surface area contributed by atoms with Crippen molar-refractivity contribution in [3.63, 3.8) is 0 Å². The summed E-state index contributed by atoms with van der Waals surface area (Å²) < 4.78 is 0. The topological polar surface area (TPSA) is 56.6 Å². The van der Waals surface area contributed by atoms with Gasteiger partial charge < -0.3 is 4.98 Å². The number of hydrogen-bond donors (Lipinski definition) is 1. The lowest BCUT2D eigenvalue weighted by Gasteiger charge is -2.32. The highest BCUT2D eigenvalue weighted by molar-refractivity contribution is 6.08. The molecule has 4 aromatic rings. The standard InChI is InChI=1S/C27H22N2O/c28-16-15-27(22-13-14-22,24-12-6-10-19-7-4-5-11-23(19)24)26(30)21-17-25(29-18-21)20-8-2-1-3-9-20/h1-12,17-18,22,29H,13-15H2. The van der Waals surface area contributed by atoms with Crippen LogP contribution in [0.15, 0.2) is 85.1 Å². The Morgan fingerprint density at radius 1 is 1.00 bits per heavy atom. The molecule has 0 radical (unpaired) electrons. The molecule has 5 rings (SSSR count). The van der Waals surface area contributed by atoms with Gasteiger partial charge >= 0.3 is 0 Å². The van der Waals surface area contributed by atoms with E-state index in [-0.39, 0.29) is 18.1 Å². The normalized spacial score (nSPS) is 15.4. The molecule has 1 unspecified atom stereocenters. The summed E-state index contributed by atoms with van der Waals surface area (Å²) in [5.41, 5.74) is 2.77. The fraction of sp³-hybridized carbons (Fsp3) is 0.185. The molecule has 0 aliphatic heterocycles. The van der Waals surface area contributed by atoms with Gasteiger partial charge in [-0.3, -0.25) is 4.79 Å². The lowest BCUT2D eigenvalue weighted by molar-refractivity contribution is 0.0865. The van der Waals surface area contributed by atoms with Gasteiger partial charge in [-0.1, -0.05) is 72.8 Å². The highest BCUT2D eigenvalue weighted by Gasteiger charge is 2.52. The van der Waals surface area contributed by atoms with E-state index in [1.165, 1.54) is 0 Å². The Balaban J connectivity index is 1.66. The number of nitriles is 1. The molecule has 0 saturated heterocycles. The van der Waals surface area contributed by atoms with Crippen molar-refractivity contribution in [3.05, 3.63) is 96.2 Å². The number of fused-ring (bicyclic) bond motifs is 1. The summed E-state index contributed by atoms with van der Waals surface area (Å²) in [6.45, 7) is 0. The van der Waals surface area contributed by atoms with Crippen LogP contribution in [0.25, 0.3) is 22.0 Å². The van der Waals surface area contributed by atoms with Gasteiger partial charge in [0.2, 0.25) is 0 Å². The molecule has 1 heterocycles. The minimum Gasteiger partial charge on any atom is -0.360 e. The van der Waals surface area contributed by atoms with Gasteiger partial charge in [-0.25, -0.2) is 0 Å². The van der Waals surface area contributed by atoms with Crippen molar-refractivity contribution in [3.8, 4) is 17.3 Å². The Kier molecular flexibility index (Phi) is 4.48. The van der Waals surface area contributed by atoms with Crippen molar-refractivity contribution >= 4 is 16.6 Å². The van der Waals surface area contributed by atoms with Crippen molar-refractivity contribution in [1.82, 2.24) is 4.98 Å². The summed E-state index contributed by atoms with van der Waals surface area (Å²) >= 11 is 0. The van der Waals surface area contributed by atoms with E-state index in [4.69, 9.17) is 0 Å². The van der Waals surface area contributed by atoms with Gasteiger partial charge in [0.05, 0.1) is 17.9 Å². The Bertz CT molecular complexity index is 1260. The molecule has 1 saturated carbocycles. The largest absolute Gasteiger partial charge is 0.360 e. The molecule has 1 aromatic heterocycles. The van der Waals surface area contributed by atoms with Crippen molar-refractivity contribution in [2.24, 2.45) is 5.92 Å². The molecule has 0 amide bonds. The van der Waals surface area contributed by atoms with Gasteiger partial charge in [0.15, 0.2) is 5.78 Å². The zero-order valence-electron chi connectivity index (χ0n) is 16.6. The first-order chi connectivity index (χ1) is 14.7. The van der Waals surface area contributed by atoms with Crippen LogP contribution in [0.4, 0.5) is 0 Å². The van der Waals surface area contributed by atoms with E-state index in [1.54, 1.807) is 6.20 Å². The van der Waals surface area contributed by atoms with Gasteiger partial charge in [0.1, 0.15) is 0 Å². The molecular weight excluding hydrogens is 368 g/mol. The van der Waals surface area contributed by atoms with E-state index in [9.17, 15) is 10.1 Å². The molecule has 1 aliphatic carbocycles. The first kappa shape index (κ1) is 18.4. The summed E-state index contributed by atoms with van der Waals surface area (Å²) in [7, 11) is 0. The first-order valence-corrected chi connectivity index (χ1v) is 10.4. The second kappa shape index (κ2) is 7.31. The molecule has 1 N–H and O–H groups in total. The summed E-state index contributed by atoms with van der Waals surface area (Å²) in [5.74, 6) is 0.242. The van der Waals surface area contributed by atoms with Gasteiger partial charge in [0, 0.05) is 17.5 Å². The third-order valence-corrected chi connectivity index (χ3v) is 6.34. The number of carbonyl (C=O) groups excluding carboxylic acids is 1. The number of aromatic nitrogens is 1. The maximum absolute atomic E-state index is 14.1. The maximum Gasteiger partial charge on any atom is 0.176 e. The van der Waals surface area contributed by atoms with Gasteiger partial charge in [0.25, 0.3) is 0 Å². The van der Waals surface area contributed by atoms with E-state index in [0.29, 0.717) is 5.56 Å². The van der Waals surface area contributed by atoms with Crippen molar-refractivity contribution < 1.29 is 4.79 Å². The molecule has 30 heavy (non-hydrogen) atoms. The molecule has 1 aliphatic rings. The molecule has 146 valence electrons. The molecule has 3 heteroatoms. The van der Waals surface area contributed by atoms with E-state index in [1.807, 2.05) is 60.7 Å². The molecule has 3 nitrogen and oxygen atoms in total. The van der Waals surface area contributed by atoms with E-state index in [0.717, 1.165) is 40.4 Å². The minimum atomic E-state index is -0.814. The summed E-state index contributed by atoms with van der Waals surface area (Å²) in [6.07, 6.45) is 3.94. The number of Topliss-reactive ketones (excluding diaryl/α,β-unsaturated/α-hetero) is 1. The zero-order chi connectivity index (χ0) is 20.6. The second-order valence-corrected chi connectivity index (χ2v) is 8.10. The van der Waals surface area contributed by atoms with E-state index >= 15 is 0 Å². The molecule has 0 spiro atoms. The van der Waals surface area contributed by atoms with Crippen LogP contribution >= 0.6 is 0 Å². The maximum atomic E-state index is 14.1. The third-order valence-electron chi connectivity index (χ3n) is 6.34. The number of nitrogens with zero attached hydrogens (tertiary/aromatic N) is 1. The fourth-order valence-corrected chi connectivity index (χ4v) is 4.73. The summed E-state index contributed by atoms with van der Waals surface area (Å²) in [4.78, 5) is 17.3. The minimum absolute atomic E-state index is 0.0429. The van der Waals surface area contributed by atoms with Crippen LogP contribution in [-0.4, -0.2) is 10.8 Å². The van der Waals surface area contributed by atoms with Crippen LogP contribution in [0.5, 0.6) is 0 Å². The smallest absolute Gasteiger partial charge is 0.176 e. The van der Waals surface area contributed by atoms with Crippen LogP contribution in [0, 0.1) is 17.2 Å². The Hall–Kier alpha value is -3.64. The van der Waals surface area contributed by atoms with Crippen molar-refractivity contribution in [2.45, 2.75) is 24.7 Å². The number of benzene rings is 3. The third kappa shape index (κ3) is 2.93. The Morgan fingerprint density at radius 3 is 2.50 bits per heavy atom. The van der Waals surface area contributed by atoms with Gasteiger partial charge in [-0.2, -0.15) is 5.26 Å². The number of hydrogen-bond acceptors (Lipinski definition) is 2. The monoisotopic (exact) mass is 390 g/mol. The average molecular weight is 390 g/mol. The SMILES string of the molecule is N#CCC(C(=O)c1c[nH]c(-c2ccccc2)c1)(c1cccc2ccccc12)C1CC1. The first-order valence-electron chi connectivity index (χ1n) is 10.4. The predicted molar refractivity (Wildman–Crippen MR) is 119 cm³/mol. The number of carbonyl (C=O) groups is 1. The Morgan fingerprint density at radius 2 is 1.73 bits per heavy atom. The van der Waals surface area contributed by atoms with Crippen LogP contribution in [-0.2, 0) is 5.41 Å². The van der Waals surface area contributed by atoms with Crippen LogP contribution in [0.3, 0.4) is 0 Å². The molecule has 1 atom stereocenters. The quantitative estimate of drug-likeness (QED) is 0.394. The number of rotatable bonds is 6. The number of aromatic amines is 1. The molecular formula is C27H22N2O. The van der Waals surface area contributed by atoms with E-state index in [2.05, 4.69) is 29.3 Å². The average Bonchev–Trinajstić information content (AvgIpc) is 3.54. The van der Waals surface area contributed by atoms with Gasteiger partial charge in [-0.05, 0) is 46.7 Å². The highest BCUT2D eigenvalue weighted by atomic mass is 16.1. The lowest BCUT2D eigenvalue weighted by atomic mass is 9.67. The highest BCUT2D eigenvalue weighted by Crippen LogP contribution is 2.52. The molecule has 0 bridgehead atoms. The number of nitrogens with one attached hydrogen (secondary N) is 1. The number of ketones is 1. The second-order valence-electron chi connectivity index (χ2n) is 8.10. The van der Waals surface area contributed by atoms with Crippen LogP contribution in [0.2, 0.25) is 0 Å². The molecule has 1 fully saturated rings. The van der Waals surface area contributed by atoms with Crippen molar-refractivity contribution in [2.75, 3.05) is 0 Å². The lowest BCUT2D eigenvalue weighted by Crippen LogP contribution is -2.38. The molecule has 3 aromatic carbocycles.